The molecule has 0 spiro atoms. The predicted molar refractivity (Wildman–Crippen MR) is 32.0 cm³/mol. The normalized spacial score (nSPS) is 10.9. The first-order valence-electron chi connectivity index (χ1n) is 2.47. The second-order valence-electron chi connectivity index (χ2n) is 1.82. The molecule has 6 nitrogen and oxygen atoms in total. The fourth-order valence-electron chi connectivity index (χ4n) is 0.427. The molecule has 0 aliphatic carbocycles. The van der Waals surface area contributed by atoms with Gasteiger partial charge in [-0.3, -0.25) is 0 Å². The van der Waals surface area contributed by atoms with Crippen molar-refractivity contribution in [1.82, 2.24) is 0 Å². The first-order valence-corrected chi connectivity index (χ1v) is 6.29. The molecule has 0 rings (SSSR count). The number of hydrogen-bond acceptors (Lipinski definition) is 4. The second kappa shape index (κ2) is 3.45. The Hall–Kier alpha value is -0.941. The molecule has 0 heterocycles. The number of aliphatic carboxylic acids is 2. The summed E-state index contributed by atoms with van der Waals surface area (Å²) in [7, 11) is 0. The molecule has 7 heteroatoms. The SMILES string of the molecule is O=C(O)C[Se](=O)(=O)CC(=O)O. The van der Waals surface area contributed by atoms with Gasteiger partial charge in [-0.25, -0.2) is 0 Å². The Labute approximate surface area is 63.5 Å². The zero-order valence-corrected chi connectivity index (χ0v) is 7.06. The van der Waals surface area contributed by atoms with Crippen molar-refractivity contribution >= 4 is 24.6 Å². The third-order valence-electron chi connectivity index (χ3n) is 0.687. The van der Waals surface area contributed by atoms with Crippen LogP contribution in [0, 0.1) is 0 Å². The Morgan fingerprint density at radius 2 is 1.27 bits per heavy atom. The molecule has 0 radical (unpaired) electrons. The van der Waals surface area contributed by atoms with Crippen LogP contribution in [0.4, 0.5) is 0 Å². The summed E-state index contributed by atoms with van der Waals surface area (Å²) in [5.41, 5.74) is 0. The van der Waals surface area contributed by atoms with Gasteiger partial charge in [0.25, 0.3) is 0 Å². The molecule has 0 amide bonds. The Balaban J connectivity index is 4.25. The Morgan fingerprint density at radius 3 is 1.45 bits per heavy atom. The summed E-state index contributed by atoms with van der Waals surface area (Å²) in [5, 5.41) is 13.9. The maximum absolute atomic E-state index is 10.6. The predicted octanol–water partition coefficient (Wildman–Crippen LogP) is -0.541. The molecule has 0 aliphatic rings. The zero-order valence-electron chi connectivity index (χ0n) is 5.35. The Morgan fingerprint density at radius 1 is 1.00 bits per heavy atom. The van der Waals surface area contributed by atoms with E-state index in [2.05, 4.69) is 0 Å². The van der Waals surface area contributed by atoms with Gasteiger partial charge < -0.3 is 0 Å². The van der Waals surface area contributed by atoms with E-state index in [0.717, 1.165) is 0 Å². The van der Waals surface area contributed by atoms with Gasteiger partial charge in [0.15, 0.2) is 0 Å². The number of carbonyl (C=O) groups is 2. The van der Waals surface area contributed by atoms with Gasteiger partial charge in [0.2, 0.25) is 0 Å². The molecular formula is C4H6O6Se. The maximum atomic E-state index is 10.6. The first-order chi connectivity index (χ1) is 4.83. The van der Waals surface area contributed by atoms with Gasteiger partial charge in [0, 0.05) is 0 Å². The number of carboxylic acids is 2. The number of hydrogen-bond donors (Lipinski definition) is 2. The molecule has 0 bridgehead atoms. The molecule has 64 valence electrons. The van der Waals surface area contributed by atoms with Crippen molar-refractivity contribution in [2.24, 2.45) is 0 Å². The van der Waals surface area contributed by atoms with Crippen LogP contribution in [0.3, 0.4) is 0 Å². The molecule has 2 N–H and O–H groups in total. The van der Waals surface area contributed by atoms with Crippen LogP contribution in [0.15, 0.2) is 0 Å². The molecule has 11 heavy (non-hydrogen) atoms. The molecule has 0 unspecified atom stereocenters. The zero-order chi connectivity index (χ0) is 9.07. The Bertz CT molecular complexity index is 240. The van der Waals surface area contributed by atoms with Crippen molar-refractivity contribution in [3.05, 3.63) is 0 Å². The third kappa shape index (κ3) is 5.50. The minimum absolute atomic E-state index is 1.07. The van der Waals surface area contributed by atoms with E-state index in [9.17, 15) is 17.3 Å². The van der Waals surface area contributed by atoms with Gasteiger partial charge >= 0.3 is 62.8 Å². The standard InChI is InChI=1S/C4H6O6Se/c5-3(6)1-11(9,10)2-4(7)8/h1-2H2,(H,5,6)(H,7,8). The summed E-state index contributed by atoms with van der Waals surface area (Å²) in [6.45, 7) is 0. The van der Waals surface area contributed by atoms with Crippen molar-refractivity contribution in [3.8, 4) is 0 Å². The fraction of sp³-hybridized carbons (Fsp3) is 0.500. The van der Waals surface area contributed by atoms with Crippen LogP contribution in [0.2, 0.25) is 10.6 Å². The summed E-state index contributed by atoms with van der Waals surface area (Å²) >= 11 is -4.70. The monoisotopic (exact) mass is 230 g/mol. The van der Waals surface area contributed by atoms with E-state index < -0.39 is 35.3 Å². The van der Waals surface area contributed by atoms with Crippen LogP contribution >= 0.6 is 0 Å². The summed E-state index contributed by atoms with van der Waals surface area (Å²) in [6.07, 6.45) is 0. The van der Waals surface area contributed by atoms with Crippen LogP contribution in [-0.4, -0.2) is 34.9 Å². The summed E-state index contributed by atoms with van der Waals surface area (Å²) in [4.78, 5) is 19.7. The average Bonchev–Trinajstić information content (AvgIpc) is 1.53. The van der Waals surface area contributed by atoms with Crippen LogP contribution in [-0.2, 0) is 17.3 Å². The Kier molecular flexibility index (Phi) is 3.16. The molecule has 0 fully saturated rings. The van der Waals surface area contributed by atoms with Crippen molar-refractivity contribution < 1.29 is 27.5 Å². The first kappa shape index (κ1) is 10.1. The van der Waals surface area contributed by atoms with Crippen LogP contribution < -0.4 is 0 Å². The van der Waals surface area contributed by atoms with Gasteiger partial charge in [-0.15, -0.1) is 0 Å². The molecule has 0 aromatic rings. The second-order valence-corrected chi connectivity index (χ2v) is 6.15. The van der Waals surface area contributed by atoms with Crippen molar-refractivity contribution in [2.75, 3.05) is 0 Å². The van der Waals surface area contributed by atoms with Crippen LogP contribution in [0.5, 0.6) is 0 Å². The van der Waals surface area contributed by atoms with Crippen LogP contribution in [0.25, 0.3) is 0 Å². The summed E-state index contributed by atoms with van der Waals surface area (Å²) < 4.78 is 21.1. The molecule has 0 aromatic heterocycles. The third-order valence-corrected chi connectivity index (χ3v) is 3.57. The number of rotatable bonds is 4. The van der Waals surface area contributed by atoms with Crippen molar-refractivity contribution in [3.63, 3.8) is 0 Å². The van der Waals surface area contributed by atoms with E-state index in [1.165, 1.54) is 0 Å². The summed E-state index contributed by atoms with van der Waals surface area (Å²) in [6, 6.07) is 0. The average molecular weight is 229 g/mol. The topological polar surface area (TPSA) is 109 Å². The molecule has 0 saturated carbocycles. The molecule has 0 aliphatic heterocycles. The molecule has 0 saturated heterocycles. The van der Waals surface area contributed by atoms with E-state index in [1.807, 2.05) is 0 Å². The number of carboxylic acid groups (broad SMARTS) is 2. The molecular weight excluding hydrogens is 223 g/mol. The summed E-state index contributed by atoms with van der Waals surface area (Å²) in [5.74, 6) is -3.03. The fourth-order valence-corrected chi connectivity index (χ4v) is 2.22. The van der Waals surface area contributed by atoms with E-state index in [-0.39, 0.29) is 0 Å². The minimum atomic E-state index is -4.70. The van der Waals surface area contributed by atoms with Gasteiger partial charge in [-0.2, -0.15) is 0 Å². The van der Waals surface area contributed by atoms with Gasteiger partial charge in [-0.05, 0) is 0 Å². The van der Waals surface area contributed by atoms with E-state index in [0.29, 0.717) is 0 Å². The van der Waals surface area contributed by atoms with Gasteiger partial charge in [0.05, 0.1) is 0 Å². The van der Waals surface area contributed by atoms with Crippen molar-refractivity contribution in [2.45, 2.75) is 10.6 Å². The van der Waals surface area contributed by atoms with Crippen molar-refractivity contribution in [1.29, 1.82) is 0 Å². The van der Waals surface area contributed by atoms with Gasteiger partial charge in [-0.1, -0.05) is 0 Å². The molecule has 0 atom stereocenters. The van der Waals surface area contributed by atoms with Crippen LogP contribution in [0.1, 0.15) is 0 Å². The van der Waals surface area contributed by atoms with Gasteiger partial charge in [0.1, 0.15) is 0 Å². The molecule has 0 aromatic carbocycles. The van der Waals surface area contributed by atoms with E-state index in [1.54, 1.807) is 0 Å². The quantitative estimate of drug-likeness (QED) is 0.626. The van der Waals surface area contributed by atoms with E-state index >= 15 is 0 Å². The van der Waals surface area contributed by atoms with E-state index in [4.69, 9.17) is 10.2 Å².